The zero-order valence-electron chi connectivity index (χ0n) is 10.4. The third-order valence-corrected chi connectivity index (χ3v) is 2.71. The van der Waals surface area contributed by atoms with Gasteiger partial charge in [0.15, 0.2) is 0 Å². The summed E-state index contributed by atoms with van der Waals surface area (Å²) in [4.78, 5) is 0. The van der Waals surface area contributed by atoms with Crippen LogP contribution in [0.5, 0.6) is 0 Å². The molecule has 4 heteroatoms. The highest BCUT2D eigenvalue weighted by molar-refractivity contribution is 5.06. The van der Waals surface area contributed by atoms with Gasteiger partial charge in [-0.25, -0.2) is 0 Å². The lowest BCUT2D eigenvalue weighted by Crippen LogP contribution is -2.16. The molecule has 1 N–H and O–H groups in total. The lowest BCUT2D eigenvalue weighted by molar-refractivity contribution is 0.470. The van der Waals surface area contributed by atoms with Crippen molar-refractivity contribution in [3.63, 3.8) is 0 Å². The molecule has 17 heavy (non-hydrogen) atoms. The summed E-state index contributed by atoms with van der Waals surface area (Å²) in [5.74, 6) is 0.983. The van der Waals surface area contributed by atoms with E-state index < -0.39 is 0 Å². The number of nitrogens with zero attached hydrogens (tertiary/aromatic N) is 2. The Morgan fingerprint density at radius 2 is 2.29 bits per heavy atom. The molecular weight excluding hydrogens is 214 g/mol. The molecule has 0 fully saturated rings. The Morgan fingerprint density at radius 1 is 1.41 bits per heavy atom. The van der Waals surface area contributed by atoms with E-state index in [1.165, 1.54) is 5.69 Å². The van der Waals surface area contributed by atoms with Crippen LogP contribution in [-0.4, -0.2) is 16.3 Å². The van der Waals surface area contributed by atoms with E-state index in [0.29, 0.717) is 0 Å². The van der Waals surface area contributed by atoms with Gasteiger partial charge in [0, 0.05) is 12.2 Å². The minimum Gasteiger partial charge on any atom is -0.468 e. The Labute approximate surface area is 102 Å². The Balaban J connectivity index is 1.65. The molecule has 0 saturated carbocycles. The molecule has 0 saturated heterocycles. The molecule has 0 unspecified atom stereocenters. The summed E-state index contributed by atoms with van der Waals surface area (Å²) in [6, 6.07) is 6.00. The molecule has 0 aliphatic rings. The molecule has 0 aromatic carbocycles. The second-order valence-corrected chi connectivity index (χ2v) is 4.26. The van der Waals surface area contributed by atoms with E-state index in [9.17, 15) is 0 Å². The molecule has 0 atom stereocenters. The minimum absolute atomic E-state index is 0.796. The van der Waals surface area contributed by atoms with Crippen LogP contribution in [-0.2, 0) is 13.1 Å². The molecular formula is C13H19N3O. The van der Waals surface area contributed by atoms with Crippen LogP contribution in [0.15, 0.2) is 28.9 Å². The summed E-state index contributed by atoms with van der Waals surface area (Å²) in [6.45, 7) is 6.85. The summed E-state index contributed by atoms with van der Waals surface area (Å²) in [7, 11) is 0. The summed E-state index contributed by atoms with van der Waals surface area (Å²) < 4.78 is 7.30. The van der Waals surface area contributed by atoms with Crippen molar-refractivity contribution in [2.75, 3.05) is 6.54 Å². The van der Waals surface area contributed by atoms with Gasteiger partial charge in [0.05, 0.1) is 18.5 Å². The average molecular weight is 233 g/mol. The summed E-state index contributed by atoms with van der Waals surface area (Å²) >= 11 is 0. The second kappa shape index (κ2) is 5.68. The van der Waals surface area contributed by atoms with Gasteiger partial charge in [-0.1, -0.05) is 0 Å². The molecule has 0 aliphatic carbocycles. The lowest BCUT2D eigenvalue weighted by Gasteiger charge is -2.05. The van der Waals surface area contributed by atoms with Gasteiger partial charge in [0.25, 0.3) is 0 Å². The Bertz CT molecular complexity index is 445. The van der Waals surface area contributed by atoms with Gasteiger partial charge < -0.3 is 9.73 Å². The normalized spacial score (nSPS) is 10.9. The van der Waals surface area contributed by atoms with Gasteiger partial charge in [-0.3, -0.25) is 4.68 Å². The standard InChI is InChI=1S/C13H19N3O/c1-11-9-12(2)16(15-11)7-4-6-14-10-13-5-3-8-17-13/h3,5,8-9,14H,4,6-7,10H2,1-2H3. The third-order valence-electron chi connectivity index (χ3n) is 2.71. The molecule has 2 aromatic rings. The van der Waals surface area contributed by atoms with E-state index in [2.05, 4.69) is 28.1 Å². The number of nitrogens with one attached hydrogen (secondary N) is 1. The smallest absolute Gasteiger partial charge is 0.117 e. The van der Waals surface area contributed by atoms with Crippen LogP contribution in [0, 0.1) is 13.8 Å². The zero-order valence-corrected chi connectivity index (χ0v) is 10.4. The molecule has 4 nitrogen and oxygen atoms in total. The van der Waals surface area contributed by atoms with Crippen molar-refractivity contribution >= 4 is 0 Å². The van der Waals surface area contributed by atoms with E-state index in [4.69, 9.17) is 4.42 Å². The van der Waals surface area contributed by atoms with E-state index >= 15 is 0 Å². The maximum atomic E-state index is 5.24. The molecule has 0 amide bonds. The second-order valence-electron chi connectivity index (χ2n) is 4.26. The van der Waals surface area contributed by atoms with Crippen LogP contribution < -0.4 is 5.32 Å². The number of rotatable bonds is 6. The Morgan fingerprint density at radius 3 is 2.94 bits per heavy atom. The number of hydrogen-bond donors (Lipinski definition) is 1. The fraction of sp³-hybridized carbons (Fsp3) is 0.462. The maximum absolute atomic E-state index is 5.24. The van der Waals surface area contributed by atoms with Gasteiger partial charge >= 0.3 is 0 Å². The van der Waals surface area contributed by atoms with Crippen molar-refractivity contribution < 1.29 is 4.42 Å². The molecule has 0 radical (unpaired) electrons. The molecule has 2 aromatic heterocycles. The highest BCUT2D eigenvalue weighted by Crippen LogP contribution is 2.02. The number of aromatic nitrogens is 2. The van der Waals surface area contributed by atoms with Gasteiger partial charge in [0.1, 0.15) is 5.76 Å². The number of hydrogen-bond acceptors (Lipinski definition) is 3. The molecule has 2 heterocycles. The van der Waals surface area contributed by atoms with E-state index in [-0.39, 0.29) is 0 Å². The Hall–Kier alpha value is -1.55. The van der Waals surface area contributed by atoms with E-state index in [0.717, 1.165) is 37.5 Å². The van der Waals surface area contributed by atoms with Crippen molar-refractivity contribution in [1.82, 2.24) is 15.1 Å². The van der Waals surface area contributed by atoms with Crippen molar-refractivity contribution in [3.8, 4) is 0 Å². The van der Waals surface area contributed by atoms with E-state index in [1.807, 2.05) is 19.1 Å². The van der Waals surface area contributed by atoms with Gasteiger partial charge in [-0.2, -0.15) is 5.10 Å². The first kappa shape index (κ1) is 11.9. The van der Waals surface area contributed by atoms with Crippen LogP contribution in [0.3, 0.4) is 0 Å². The topological polar surface area (TPSA) is 43.0 Å². The Kier molecular flexibility index (Phi) is 3.98. The highest BCUT2D eigenvalue weighted by atomic mass is 16.3. The highest BCUT2D eigenvalue weighted by Gasteiger charge is 2.00. The van der Waals surface area contributed by atoms with Crippen LogP contribution in [0.1, 0.15) is 23.6 Å². The number of furan rings is 1. The van der Waals surface area contributed by atoms with Crippen LogP contribution in [0.2, 0.25) is 0 Å². The van der Waals surface area contributed by atoms with Crippen molar-refractivity contribution in [2.45, 2.75) is 33.4 Å². The molecule has 2 rings (SSSR count). The predicted molar refractivity (Wildman–Crippen MR) is 66.7 cm³/mol. The predicted octanol–water partition coefficient (Wildman–Crippen LogP) is 2.27. The molecule has 92 valence electrons. The third kappa shape index (κ3) is 3.46. The van der Waals surface area contributed by atoms with Crippen molar-refractivity contribution in [3.05, 3.63) is 41.6 Å². The largest absolute Gasteiger partial charge is 0.468 e. The molecule has 0 aliphatic heterocycles. The SMILES string of the molecule is Cc1cc(C)n(CCCNCc2ccco2)n1. The lowest BCUT2D eigenvalue weighted by atomic mass is 10.3. The fourth-order valence-corrected chi connectivity index (χ4v) is 1.88. The first-order chi connectivity index (χ1) is 8.25. The fourth-order valence-electron chi connectivity index (χ4n) is 1.88. The summed E-state index contributed by atoms with van der Waals surface area (Å²) in [5.41, 5.74) is 2.32. The average Bonchev–Trinajstić information content (AvgIpc) is 2.89. The molecule has 0 spiro atoms. The van der Waals surface area contributed by atoms with Gasteiger partial charge in [-0.15, -0.1) is 0 Å². The summed E-state index contributed by atoms with van der Waals surface area (Å²) in [5, 5.41) is 7.78. The first-order valence-corrected chi connectivity index (χ1v) is 6.00. The van der Waals surface area contributed by atoms with Crippen molar-refractivity contribution in [1.29, 1.82) is 0 Å². The number of aryl methyl sites for hydroxylation is 3. The first-order valence-electron chi connectivity index (χ1n) is 6.00. The van der Waals surface area contributed by atoms with E-state index in [1.54, 1.807) is 6.26 Å². The van der Waals surface area contributed by atoms with Crippen LogP contribution in [0.4, 0.5) is 0 Å². The zero-order chi connectivity index (χ0) is 12.1. The van der Waals surface area contributed by atoms with Crippen LogP contribution >= 0.6 is 0 Å². The molecule has 0 bridgehead atoms. The van der Waals surface area contributed by atoms with Crippen LogP contribution in [0.25, 0.3) is 0 Å². The quantitative estimate of drug-likeness (QED) is 0.778. The van der Waals surface area contributed by atoms with Gasteiger partial charge in [-0.05, 0) is 45.0 Å². The monoisotopic (exact) mass is 233 g/mol. The summed E-state index contributed by atoms with van der Waals surface area (Å²) in [6.07, 6.45) is 2.77. The van der Waals surface area contributed by atoms with Crippen molar-refractivity contribution in [2.24, 2.45) is 0 Å². The maximum Gasteiger partial charge on any atom is 0.117 e. The van der Waals surface area contributed by atoms with Gasteiger partial charge in [0.2, 0.25) is 0 Å². The minimum atomic E-state index is 0.796.